The van der Waals surface area contributed by atoms with Gasteiger partial charge >= 0.3 is 12.1 Å². The van der Waals surface area contributed by atoms with E-state index in [2.05, 4.69) is 25.0 Å². The van der Waals surface area contributed by atoms with Crippen LogP contribution in [0.3, 0.4) is 0 Å². The summed E-state index contributed by atoms with van der Waals surface area (Å²) in [5.74, 6) is -0.295. The Labute approximate surface area is 175 Å². The Morgan fingerprint density at radius 3 is 2.45 bits per heavy atom. The molecule has 0 unspecified atom stereocenters. The molecule has 2 heterocycles. The zero-order valence-corrected chi connectivity index (χ0v) is 17.2. The van der Waals surface area contributed by atoms with Crippen molar-refractivity contribution in [1.29, 1.82) is 0 Å². The van der Waals surface area contributed by atoms with Crippen molar-refractivity contribution in [3.63, 3.8) is 0 Å². The first-order chi connectivity index (χ1) is 14.6. The fraction of sp³-hybridized carbons (Fsp3) is 0.350. The lowest BCUT2D eigenvalue weighted by molar-refractivity contribution is -0.138. The van der Waals surface area contributed by atoms with Crippen LogP contribution < -0.4 is 10.9 Å². The molecule has 0 saturated heterocycles. The van der Waals surface area contributed by atoms with Crippen LogP contribution in [-0.2, 0) is 18.0 Å². The van der Waals surface area contributed by atoms with Gasteiger partial charge in [0.25, 0.3) is 5.56 Å². The van der Waals surface area contributed by atoms with E-state index in [-0.39, 0.29) is 34.4 Å². The third-order valence-electron chi connectivity index (χ3n) is 4.94. The molecule has 1 atom stereocenters. The van der Waals surface area contributed by atoms with E-state index in [1.807, 2.05) is 0 Å². The average molecular weight is 435 g/mol. The Bertz CT molecular complexity index is 1190. The van der Waals surface area contributed by atoms with Crippen molar-refractivity contribution < 1.29 is 22.7 Å². The van der Waals surface area contributed by atoms with Crippen LogP contribution in [-0.4, -0.2) is 32.6 Å². The van der Waals surface area contributed by atoms with Gasteiger partial charge < -0.3 is 10.1 Å². The molecule has 31 heavy (non-hydrogen) atoms. The number of nitrogens with zero attached hydrogens (tertiary/aromatic N) is 4. The molecule has 0 aliphatic heterocycles. The molecule has 3 aromatic rings. The number of hydrogen-bond donors (Lipinski definition) is 1. The molecule has 0 amide bonds. The van der Waals surface area contributed by atoms with E-state index in [0.29, 0.717) is 5.82 Å². The number of carbonyl (C=O) groups is 1. The fourth-order valence-corrected chi connectivity index (χ4v) is 3.16. The number of carbonyl (C=O) groups excluding carboxylic acids is 1. The van der Waals surface area contributed by atoms with Gasteiger partial charge in [-0.1, -0.05) is 6.92 Å². The predicted molar refractivity (Wildman–Crippen MR) is 107 cm³/mol. The first-order valence-electron chi connectivity index (χ1n) is 9.32. The summed E-state index contributed by atoms with van der Waals surface area (Å²) in [6.07, 6.45) is -2.00. The number of esters is 1. The van der Waals surface area contributed by atoms with Crippen LogP contribution in [0.4, 0.5) is 19.1 Å². The standard InChI is InChI=1S/C20H20F3N5O3/c1-5-15(27-19-24-8-11(9-25-19)18(30)31-4)12-6-13-16(7-14(12)20(21,22)23)26-10(2)28(3)17(13)29/h6-9,15H,5H2,1-4H3,(H,24,25,27)/t15-/m1/s1. The molecule has 0 aliphatic rings. The molecule has 3 rings (SSSR count). The van der Waals surface area contributed by atoms with E-state index in [1.165, 1.54) is 37.2 Å². The molecule has 0 radical (unpaired) electrons. The van der Waals surface area contributed by atoms with Crippen LogP contribution in [0.2, 0.25) is 0 Å². The average Bonchev–Trinajstić information content (AvgIpc) is 2.74. The quantitative estimate of drug-likeness (QED) is 0.613. The van der Waals surface area contributed by atoms with Crippen molar-refractivity contribution in [2.24, 2.45) is 7.05 Å². The molecule has 0 saturated carbocycles. The molecule has 1 N–H and O–H groups in total. The van der Waals surface area contributed by atoms with Gasteiger partial charge in [-0.05, 0) is 31.0 Å². The van der Waals surface area contributed by atoms with Crippen LogP contribution in [0.5, 0.6) is 0 Å². The van der Waals surface area contributed by atoms with Gasteiger partial charge in [0.1, 0.15) is 5.82 Å². The van der Waals surface area contributed by atoms with Crippen molar-refractivity contribution in [2.45, 2.75) is 32.5 Å². The van der Waals surface area contributed by atoms with Gasteiger partial charge in [0.15, 0.2) is 0 Å². The summed E-state index contributed by atoms with van der Waals surface area (Å²) in [6, 6.07) is 1.26. The number of benzene rings is 1. The number of alkyl halides is 3. The largest absolute Gasteiger partial charge is 0.465 e. The maximum Gasteiger partial charge on any atom is 0.416 e. The van der Waals surface area contributed by atoms with E-state index < -0.39 is 29.3 Å². The summed E-state index contributed by atoms with van der Waals surface area (Å²) in [4.78, 5) is 36.2. The Morgan fingerprint density at radius 2 is 1.90 bits per heavy atom. The van der Waals surface area contributed by atoms with Gasteiger partial charge in [-0.2, -0.15) is 13.2 Å². The maximum atomic E-state index is 13.9. The first-order valence-corrected chi connectivity index (χ1v) is 9.32. The van der Waals surface area contributed by atoms with Crippen LogP contribution in [0, 0.1) is 6.92 Å². The Balaban J connectivity index is 2.11. The molecule has 0 bridgehead atoms. The number of fused-ring (bicyclic) bond motifs is 1. The van der Waals surface area contributed by atoms with E-state index >= 15 is 0 Å². The van der Waals surface area contributed by atoms with Gasteiger partial charge in [0, 0.05) is 19.4 Å². The second-order valence-electron chi connectivity index (χ2n) is 6.87. The number of aryl methyl sites for hydroxylation is 1. The number of anilines is 1. The molecule has 0 fully saturated rings. The molecule has 8 nitrogen and oxygen atoms in total. The van der Waals surface area contributed by atoms with Crippen molar-refractivity contribution in [2.75, 3.05) is 12.4 Å². The number of rotatable bonds is 5. The fourth-order valence-electron chi connectivity index (χ4n) is 3.16. The van der Waals surface area contributed by atoms with Gasteiger partial charge in [-0.15, -0.1) is 0 Å². The van der Waals surface area contributed by atoms with Crippen molar-refractivity contribution in [3.05, 3.63) is 57.4 Å². The molecular formula is C20H20F3N5O3. The normalized spacial score (nSPS) is 12.6. The summed E-state index contributed by atoms with van der Waals surface area (Å²) in [5, 5.41) is 2.93. The molecule has 1 aromatic carbocycles. The summed E-state index contributed by atoms with van der Waals surface area (Å²) in [7, 11) is 2.72. The molecule has 2 aromatic heterocycles. The summed E-state index contributed by atoms with van der Waals surface area (Å²) < 4.78 is 47.4. The van der Waals surface area contributed by atoms with Crippen LogP contribution >= 0.6 is 0 Å². The summed E-state index contributed by atoms with van der Waals surface area (Å²) >= 11 is 0. The number of methoxy groups -OCH3 is 1. The monoisotopic (exact) mass is 435 g/mol. The lowest BCUT2D eigenvalue weighted by Crippen LogP contribution is -2.23. The molecule has 164 valence electrons. The highest BCUT2D eigenvalue weighted by atomic mass is 19.4. The van der Waals surface area contributed by atoms with Gasteiger partial charge in [-0.3, -0.25) is 9.36 Å². The lowest BCUT2D eigenvalue weighted by atomic mass is 9.96. The predicted octanol–water partition coefficient (Wildman–Crippen LogP) is 3.40. The number of hydrogen-bond acceptors (Lipinski definition) is 7. The smallest absolute Gasteiger partial charge is 0.416 e. The minimum atomic E-state index is -4.66. The van der Waals surface area contributed by atoms with E-state index in [0.717, 1.165) is 6.07 Å². The second-order valence-corrected chi connectivity index (χ2v) is 6.87. The Hall–Kier alpha value is -3.50. The van der Waals surface area contributed by atoms with Crippen LogP contribution in [0.15, 0.2) is 29.3 Å². The van der Waals surface area contributed by atoms with Crippen LogP contribution in [0.25, 0.3) is 10.9 Å². The third-order valence-corrected chi connectivity index (χ3v) is 4.94. The van der Waals surface area contributed by atoms with E-state index in [1.54, 1.807) is 13.8 Å². The number of halogens is 3. The minimum absolute atomic E-state index is 0.0230. The molecule has 11 heteroatoms. The zero-order valence-electron chi connectivity index (χ0n) is 17.2. The van der Waals surface area contributed by atoms with Crippen molar-refractivity contribution in [1.82, 2.24) is 19.5 Å². The summed E-state index contributed by atoms with van der Waals surface area (Å²) in [6.45, 7) is 3.24. The Morgan fingerprint density at radius 1 is 1.26 bits per heavy atom. The number of nitrogens with one attached hydrogen (secondary N) is 1. The first kappa shape index (κ1) is 22.2. The van der Waals surface area contributed by atoms with Crippen LogP contribution in [0.1, 0.15) is 46.7 Å². The maximum absolute atomic E-state index is 13.9. The zero-order chi connectivity index (χ0) is 22.9. The SMILES string of the molecule is CC[C@@H](Nc1ncc(C(=O)OC)cn1)c1cc2c(=O)n(C)c(C)nc2cc1C(F)(F)F. The minimum Gasteiger partial charge on any atom is -0.465 e. The van der Waals surface area contributed by atoms with Gasteiger partial charge in [0.2, 0.25) is 5.95 Å². The second kappa shape index (κ2) is 8.32. The molecule has 0 aliphatic carbocycles. The molecular weight excluding hydrogens is 415 g/mol. The van der Waals surface area contributed by atoms with E-state index in [9.17, 15) is 22.8 Å². The van der Waals surface area contributed by atoms with Gasteiger partial charge in [-0.25, -0.2) is 19.7 Å². The highest BCUT2D eigenvalue weighted by Crippen LogP contribution is 2.38. The topological polar surface area (TPSA) is 99.0 Å². The third kappa shape index (κ3) is 4.35. The lowest BCUT2D eigenvalue weighted by Gasteiger charge is -2.22. The Kier molecular flexibility index (Phi) is 5.96. The van der Waals surface area contributed by atoms with Gasteiger partial charge in [0.05, 0.1) is 35.2 Å². The van der Waals surface area contributed by atoms with Crippen molar-refractivity contribution in [3.8, 4) is 0 Å². The highest BCUT2D eigenvalue weighted by Gasteiger charge is 2.36. The number of ether oxygens (including phenoxy) is 1. The summed E-state index contributed by atoms with van der Waals surface area (Å²) in [5.41, 5.74) is -1.37. The highest BCUT2D eigenvalue weighted by molar-refractivity contribution is 5.88. The van der Waals surface area contributed by atoms with E-state index in [4.69, 9.17) is 0 Å². The van der Waals surface area contributed by atoms with Crippen molar-refractivity contribution >= 4 is 22.8 Å². The number of aromatic nitrogens is 4. The molecule has 0 spiro atoms.